The van der Waals surface area contributed by atoms with Crippen molar-refractivity contribution in [3.05, 3.63) is 35.5 Å². The van der Waals surface area contributed by atoms with E-state index in [0.29, 0.717) is 0 Å². The number of thiazole rings is 1. The van der Waals surface area contributed by atoms with Crippen LogP contribution < -0.4 is 11.1 Å². The van der Waals surface area contributed by atoms with Gasteiger partial charge in [-0.2, -0.15) is 0 Å². The molecule has 18 heavy (non-hydrogen) atoms. The zero-order valence-corrected chi connectivity index (χ0v) is 10.1. The molecule has 0 spiro atoms. The van der Waals surface area contributed by atoms with Crippen LogP contribution >= 0.6 is 11.3 Å². The van der Waals surface area contributed by atoms with Crippen LogP contribution in [0, 0.1) is 11.6 Å². The first kappa shape index (κ1) is 12.4. The second-order valence-corrected chi connectivity index (χ2v) is 4.44. The largest absolute Gasteiger partial charge is 0.389 e. The third kappa shape index (κ3) is 2.04. The van der Waals surface area contributed by atoms with E-state index in [0.717, 1.165) is 23.5 Å². The lowest BCUT2D eigenvalue weighted by molar-refractivity contribution is 0.0960. The Morgan fingerprint density at radius 3 is 2.56 bits per heavy atom. The quantitative estimate of drug-likeness (QED) is 0.876. The second-order valence-electron chi connectivity index (χ2n) is 3.41. The van der Waals surface area contributed by atoms with Crippen molar-refractivity contribution in [2.45, 2.75) is 0 Å². The monoisotopic (exact) mass is 269 g/mol. The molecule has 7 heteroatoms. The van der Waals surface area contributed by atoms with Gasteiger partial charge in [-0.25, -0.2) is 13.8 Å². The van der Waals surface area contributed by atoms with Crippen molar-refractivity contribution in [3.63, 3.8) is 0 Å². The maximum atomic E-state index is 13.5. The van der Waals surface area contributed by atoms with E-state index in [4.69, 9.17) is 5.73 Å². The van der Waals surface area contributed by atoms with Crippen LogP contribution in [0.2, 0.25) is 0 Å². The molecular formula is C11H9F2N3OS. The number of hydrogen-bond donors (Lipinski definition) is 2. The normalized spacial score (nSPS) is 10.4. The number of nitrogens with zero attached hydrogens (tertiary/aromatic N) is 1. The molecule has 0 aliphatic rings. The molecule has 1 amide bonds. The minimum absolute atomic E-state index is 0.0276. The Bertz CT molecular complexity index is 592. The van der Waals surface area contributed by atoms with E-state index in [-0.39, 0.29) is 21.3 Å². The van der Waals surface area contributed by atoms with Crippen LogP contribution in [0.15, 0.2) is 18.2 Å². The van der Waals surface area contributed by atoms with Crippen molar-refractivity contribution < 1.29 is 13.6 Å². The highest BCUT2D eigenvalue weighted by molar-refractivity contribution is 7.19. The van der Waals surface area contributed by atoms with Crippen molar-refractivity contribution in [2.24, 2.45) is 0 Å². The lowest BCUT2D eigenvalue weighted by Crippen LogP contribution is -2.19. The van der Waals surface area contributed by atoms with E-state index >= 15 is 0 Å². The summed E-state index contributed by atoms with van der Waals surface area (Å²) in [5.41, 5.74) is 5.30. The van der Waals surface area contributed by atoms with Gasteiger partial charge in [-0.3, -0.25) is 4.79 Å². The van der Waals surface area contributed by atoms with Crippen LogP contribution in [-0.4, -0.2) is 17.9 Å². The highest BCUT2D eigenvalue weighted by Crippen LogP contribution is 2.33. The Morgan fingerprint density at radius 2 is 2.00 bits per heavy atom. The van der Waals surface area contributed by atoms with Crippen LogP contribution in [0.5, 0.6) is 0 Å². The molecule has 1 aromatic carbocycles. The molecular weight excluding hydrogens is 260 g/mol. The molecule has 1 aromatic heterocycles. The standard InChI is InChI=1S/C11H9F2N3OS/c1-15-10(17)8-9(14)18-11(16-8)7-5(12)3-2-4-6(7)13/h2-4H,14H2,1H3,(H,15,17). The molecule has 0 saturated carbocycles. The average Bonchev–Trinajstić information content (AvgIpc) is 2.70. The number of carbonyl (C=O) groups excluding carboxylic acids is 1. The lowest BCUT2D eigenvalue weighted by Gasteiger charge is -1.99. The van der Waals surface area contributed by atoms with E-state index in [2.05, 4.69) is 10.3 Å². The van der Waals surface area contributed by atoms with Gasteiger partial charge in [0.25, 0.3) is 5.91 Å². The Morgan fingerprint density at radius 1 is 1.39 bits per heavy atom. The Kier molecular flexibility index (Phi) is 3.24. The molecule has 0 aliphatic carbocycles. The van der Waals surface area contributed by atoms with E-state index in [1.54, 1.807) is 0 Å². The molecule has 0 saturated heterocycles. The zero-order chi connectivity index (χ0) is 13.3. The van der Waals surface area contributed by atoms with Crippen LogP contribution in [0.1, 0.15) is 10.5 Å². The van der Waals surface area contributed by atoms with Crippen molar-refractivity contribution in [1.82, 2.24) is 10.3 Å². The summed E-state index contributed by atoms with van der Waals surface area (Å²) in [5.74, 6) is -1.98. The zero-order valence-electron chi connectivity index (χ0n) is 9.33. The number of aromatic nitrogens is 1. The number of nitrogens with two attached hydrogens (primary N) is 1. The van der Waals surface area contributed by atoms with Gasteiger partial charge in [-0.1, -0.05) is 17.4 Å². The van der Waals surface area contributed by atoms with Crippen LogP contribution in [0.3, 0.4) is 0 Å². The van der Waals surface area contributed by atoms with Crippen molar-refractivity contribution in [1.29, 1.82) is 0 Å². The molecule has 0 bridgehead atoms. The molecule has 0 unspecified atom stereocenters. The minimum Gasteiger partial charge on any atom is -0.389 e. The smallest absolute Gasteiger partial charge is 0.272 e. The molecule has 4 nitrogen and oxygen atoms in total. The van der Waals surface area contributed by atoms with Crippen molar-refractivity contribution in [3.8, 4) is 10.6 Å². The Balaban J connectivity index is 2.56. The fourth-order valence-corrected chi connectivity index (χ4v) is 2.30. The first-order chi connectivity index (χ1) is 8.54. The van der Waals surface area contributed by atoms with Gasteiger partial charge in [0, 0.05) is 7.05 Å². The first-order valence-corrected chi connectivity index (χ1v) is 5.79. The third-order valence-electron chi connectivity index (χ3n) is 2.27. The van der Waals surface area contributed by atoms with E-state index < -0.39 is 17.5 Å². The number of nitrogens with one attached hydrogen (secondary N) is 1. The topological polar surface area (TPSA) is 68.0 Å². The maximum absolute atomic E-state index is 13.5. The predicted molar refractivity (Wildman–Crippen MR) is 65.3 cm³/mol. The summed E-state index contributed by atoms with van der Waals surface area (Å²) in [7, 11) is 1.42. The van der Waals surface area contributed by atoms with E-state index in [9.17, 15) is 13.6 Å². The lowest BCUT2D eigenvalue weighted by atomic mass is 10.2. The van der Waals surface area contributed by atoms with Crippen molar-refractivity contribution >= 4 is 22.2 Å². The van der Waals surface area contributed by atoms with E-state index in [1.165, 1.54) is 13.1 Å². The van der Waals surface area contributed by atoms with Crippen LogP contribution in [0.25, 0.3) is 10.6 Å². The van der Waals surface area contributed by atoms with Gasteiger partial charge in [0.1, 0.15) is 21.6 Å². The molecule has 3 N–H and O–H groups in total. The SMILES string of the molecule is CNC(=O)c1nc(-c2c(F)cccc2F)sc1N. The van der Waals surface area contributed by atoms with Crippen molar-refractivity contribution in [2.75, 3.05) is 12.8 Å². The number of benzene rings is 1. The summed E-state index contributed by atoms with van der Waals surface area (Å²) in [5, 5.41) is 2.51. The van der Waals surface area contributed by atoms with Gasteiger partial charge >= 0.3 is 0 Å². The number of carbonyl (C=O) groups is 1. The Hall–Kier alpha value is -2.02. The summed E-state index contributed by atoms with van der Waals surface area (Å²) >= 11 is 0.865. The number of halogens is 2. The number of rotatable bonds is 2. The molecule has 0 fully saturated rings. The van der Waals surface area contributed by atoms with Gasteiger partial charge < -0.3 is 11.1 Å². The number of anilines is 1. The highest BCUT2D eigenvalue weighted by Gasteiger charge is 2.20. The number of nitrogen functional groups attached to an aromatic ring is 1. The molecule has 2 aromatic rings. The molecule has 0 aliphatic heterocycles. The summed E-state index contributed by atoms with van der Waals surface area (Å²) < 4.78 is 27.1. The van der Waals surface area contributed by atoms with Crippen LogP contribution in [0.4, 0.5) is 13.8 Å². The average molecular weight is 269 g/mol. The molecule has 0 atom stereocenters. The van der Waals surface area contributed by atoms with Gasteiger partial charge in [0.05, 0.1) is 5.56 Å². The summed E-state index contributed by atoms with van der Waals surface area (Å²) in [6.45, 7) is 0. The summed E-state index contributed by atoms with van der Waals surface area (Å²) in [4.78, 5) is 15.3. The maximum Gasteiger partial charge on any atom is 0.272 e. The molecule has 0 radical (unpaired) electrons. The van der Waals surface area contributed by atoms with Crippen LogP contribution in [-0.2, 0) is 0 Å². The van der Waals surface area contributed by atoms with Gasteiger partial charge in [0.2, 0.25) is 0 Å². The minimum atomic E-state index is -0.743. The Labute approximate surface area is 105 Å². The highest BCUT2D eigenvalue weighted by atomic mass is 32.1. The second kappa shape index (κ2) is 4.69. The van der Waals surface area contributed by atoms with Gasteiger partial charge in [-0.15, -0.1) is 0 Å². The van der Waals surface area contributed by atoms with E-state index in [1.807, 2.05) is 0 Å². The fraction of sp³-hybridized carbons (Fsp3) is 0.0909. The molecule has 2 rings (SSSR count). The summed E-state index contributed by atoms with van der Waals surface area (Å²) in [6.07, 6.45) is 0. The third-order valence-corrected chi connectivity index (χ3v) is 3.17. The first-order valence-electron chi connectivity index (χ1n) is 4.97. The van der Waals surface area contributed by atoms with Gasteiger partial charge in [0.15, 0.2) is 5.69 Å². The number of hydrogen-bond acceptors (Lipinski definition) is 4. The fourth-order valence-electron chi connectivity index (χ4n) is 1.42. The molecule has 94 valence electrons. The molecule has 1 heterocycles. The van der Waals surface area contributed by atoms with Gasteiger partial charge in [-0.05, 0) is 12.1 Å². The number of amides is 1. The predicted octanol–water partition coefficient (Wildman–Crippen LogP) is 2.03. The summed E-state index contributed by atoms with van der Waals surface area (Å²) in [6, 6.07) is 3.50.